The molecular formula is C19H19NO5S. The largest absolute Gasteiger partial charge is 0.494 e. The highest BCUT2D eigenvalue weighted by Crippen LogP contribution is 2.40. The monoisotopic (exact) mass is 373 g/mol. The first-order chi connectivity index (χ1) is 12.6. The van der Waals surface area contributed by atoms with Crippen molar-refractivity contribution in [1.29, 1.82) is 0 Å². The molecule has 136 valence electrons. The van der Waals surface area contributed by atoms with E-state index in [1.807, 2.05) is 13.0 Å². The summed E-state index contributed by atoms with van der Waals surface area (Å²) in [6.45, 7) is 2.34. The molecule has 0 aliphatic carbocycles. The van der Waals surface area contributed by atoms with E-state index in [0.717, 1.165) is 0 Å². The Kier molecular flexibility index (Phi) is 5.37. The Hall–Kier alpha value is -2.67. The van der Waals surface area contributed by atoms with Gasteiger partial charge in [-0.05, 0) is 42.8 Å². The normalized spacial score (nSPS) is 19.0. The van der Waals surface area contributed by atoms with E-state index in [9.17, 15) is 13.8 Å². The minimum Gasteiger partial charge on any atom is -0.494 e. The van der Waals surface area contributed by atoms with Gasteiger partial charge in [0.05, 0.1) is 31.9 Å². The Labute approximate surface area is 154 Å². The van der Waals surface area contributed by atoms with E-state index in [0.29, 0.717) is 29.2 Å². The van der Waals surface area contributed by atoms with Crippen LogP contribution >= 0.6 is 0 Å². The third-order valence-electron chi connectivity index (χ3n) is 4.13. The average molecular weight is 373 g/mol. The number of para-hydroxylation sites is 1. The van der Waals surface area contributed by atoms with Crippen molar-refractivity contribution in [2.45, 2.75) is 19.4 Å². The van der Waals surface area contributed by atoms with Crippen molar-refractivity contribution >= 4 is 27.8 Å². The summed E-state index contributed by atoms with van der Waals surface area (Å²) in [4.78, 5) is 24.7. The summed E-state index contributed by atoms with van der Waals surface area (Å²) in [5.41, 5.74) is 1.54. The number of esters is 1. The van der Waals surface area contributed by atoms with Crippen LogP contribution in [-0.2, 0) is 20.5 Å². The van der Waals surface area contributed by atoms with Crippen LogP contribution in [0.1, 0.15) is 35.3 Å². The molecule has 0 N–H and O–H groups in total. The predicted molar refractivity (Wildman–Crippen MR) is 98.4 cm³/mol. The summed E-state index contributed by atoms with van der Waals surface area (Å²) in [5, 5.41) is -0.493. The van der Waals surface area contributed by atoms with Crippen molar-refractivity contribution in [1.82, 2.24) is 0 Å². The smallest absolute Gasteiger partial charge is 0.307 e. The van der Waals surface area contributed by atoms with Gasteiger partial charge < -0.3 is 9.47 Å². The Bertz CT molecular complexity index is 852. The van der Waals surface area contributed by atoms with Crippen LogP contribution in [0.5, 0.6) is 5.75 Å². The van der Waals surface area contributed by atoms with Crippen LogP contribution in [0.3, 0.4) is 0 Å². The fourth-order valence-corrected chi connectivity index (χ4v) is 4.25. The van der Waals surface area contributed by atoms with Gasteiger partial charge in [-0.2, -0.15) is 0 Å². The molecule has 2 unspecified atom stereocenters. The minimum absolute atomic E-state index is 0.0347. The van der Waals surface area contributed by atoms with E-state index in [1.165, 1.54) is 11.4 Å². The van der Waals surface area contributed by atoms with Crippen molar-refractivity contribution < 1.29 is 23.3 Å². The minimum atomic E-state index is -1.95. The lowest BCUT2D eigenvalue weighted by molar-refractivity contribution is -0.141. The molecule has 26 heavy (non-hydrogen) atoms. The van der Waals surface area contributed by atoms with Gasteiger partial charge in [-0.25, -0.2) is 4.21 Å². The third kappa shape index (κ3) is 3.35. The van der Waals surface area contributed by atoms with E-state index < -0.39 is 28.1 Å². The van der Waals surface area contributed by atoms with Crippen LogP contribution in [0, 0.1) is 0 Å². The molecule has 1 heterocycles. The first-order valence-electron chi connectivity index (χ1n) is 8.20. The van der Waals surface area contributed by atoms with Crippen LogP contribution in [0.2, 0.25) is 0 Å². The molecule has 3 rings (SSSR count). The Balaban J connectivity index is 2.15. The summed E-state index contributed by atoms with van der Waals surface area (Å²) in [7, 11) is -0.645. The van der Waals surface area contributed by atoms with Crippen LogP contribution in [-0.4, -0.2) is 29.0 Å². The number of ether oxygens (including phenoxy) is 2. The van der Waals surface area contributed by atoms with Crippen LogP contribution in [0.15, 0.2) is 48.5 Å². The van der Waals surface area contributed by atoms with Crippen LogP contribution in [0.4, 0.5) is 5.69 Å². The summed E-state index contributed by atoms with van der Waals surface area (Å²) < 4.78 is 24.7. The first kappa shape index (κ1) is 18.1. The molecule has 2 aromatic rings. The van der Waals surface area contributed by atoms with Gasteiger partial charge >= 0.3 is 5.97 Å². The highest BCUT2D eigenvalue weighted by Gasteiger charge is 2.40. The molecule has 1 aliphatic rings. The maximum absolute atomic E-state index is 12.9. The molecule has 0 saturated carbocycles. The molecule has 6 nitrogen and oxygen atoms in total. The molecule has 7 heteroatoms. The summed E-state index contributed by atoms with van der Waals surface area (Å²) in [6.07, 6.45) is -0.0347. The second-order valence-electron chi connectivity index (χ2n) is 5.68. The molecule has 0 amide bonds. The number of methoxy groups -OCH3 is 1. The standard InChI is InChI=1S/C19H19NO5S/c1-3-25-14-9-10-15-16(11-14)17(12-18(21)24-2)20(26(23)19(15)22)13-7-5-4-6-8-13/h4-11,17H,3,12H2,1-2H3. The van der Waals surface area contributed by atoms with E-state index in [-0.39, 0.29) is 6.42 Å². The first-order valence-corrected chi connectivity index (χ1v) is 9.31. The molecule has 0 radical (unpaired) electrons. The second-order valence-corrected chi connectivity index (χ2v) is 6.94. The van der Waals surface area contributed by atoms with Crippen molar-refractivity contribution in [3.05, 3.63) is 59.7 Å². The molecule has 0 spiro atoms. The number of fused-ring (bicyclic) bond motifs is 1. The van der Waals surface area contributed by atoms with Crippen molar-refractivity contribution in [2.24, 2.45) is 0 Å². The zero-order chi connectivity index (χ0) is 18.7. The van der Waals surface area contributed by atoms with Gasteiger partial charge in [-0.3, -0.25) is 13.9 Å². The van der Waals surface area contributed by atoms with Gasteiger partial charge in [-0.1, -0.05) is 18.2 Å². The Morgan fingerprint density at radius 2 is 1.92 bits per heavy atom. The number of benzene rings is 2. The Morgan fingerprint density at radius 1 is 1.19 bits per heavy atom. The van der Waals surface area contributed by atoms with Gasteiger partial charge in [0.1, 0.15) is 5.75 Å². The number of carbonyl (C=O) groups is 2. The topological polar surface area (TPSA) is 72.9 Å². The molecule has 2 atom stereocenters. The lowest BCUT2D eigenvalue weighted by Gasteiger charge is -2.36. The molecule has 0 saturated heterocycles. The number of anilines is 1. The third-order valence-corrected chi connectivity index (χ3v) is 5.49. The number of nitrogens with zero attached hydrogens (tertiary/aromatic N) is 1. The number of hydrogen-bond donors (Lipinski definition) is 0. The number of hydrogen-bond acceptors (Lipinski definition) is 5. The van der Waals surface area contributed by atoms with E-state index >= 15 is 0 Å². The van der Waals surface area contributed by atoms with E-state index in [2.05, 4.69) is 0 Å². The maximum Gasteiger partial charge on any atom is 0.307 e. The van der Waals surface area contributed by atoms with Gasteiger partial charge in [0.25, 0.3) is 5.12 Å². The van der Waals surface area contributed by atoms with Gasteiger partial charge in [0, 0.05) is 5.56 Å². The Morgan fingerprint density at radius 3 is 2.58 bits per heavy atom. The molecule has 0 aromatic heterocycles. The van der Waals surface area contributed by atoms with Gasteiger partial charge in [-0.15, -0.1) is 0 Å². The second kappa shape index (κ2) is 7.70. The highest BCUT2D eigenvalue weighted by molar-refractivity contribution is 8.02. The van der Waals surface area contributed by atoms with Crippen LogP contribution < -0.4 is 9.04 Å². The zero-order valence-electron chi connectivity index (χ0n) is 14.5. The molecule has 0 fully saturated rings. The molecular weight excluding hydrogens is 354 g/mol. The molecule has 0 bridgehead atoms. The van der Waals surface area contributed by atoms with Crippen molar-refractivity contribution in [3.8, 4) is 5.75 Å². The zero-order valence-corrected chi connectivity index (χ0v) is 15.3. The van der Waals surface area contributed by atoms with Gasteiger partial charge in [0.2, 0.25) is 0 Å². The summed E-state index contributed by atoms with van der Waals surface area (Å²) in [6, 6.07) is 13.3. The number of carbonyl (C=O) groups excluding carboxylic acids is 2. The highest BCUT2D eigenvalue weighted by atomic mass is 32.2. The van der Waals surface area contributed by atoms with Crippen LogP contribution in [0.25, 0.3) is 0 Å². The van der Waals surface area contributed by atoms with Gasteiger partial charge in [0.15, 0.2) is 11.0 Å². The number of rotatable bonds is 5. The summed E-state index contributed by atoms with van der Waals surface area (Å²) >= 11 is 0. The quantitative estimate of drug-likeness (QED) is 0.754. The molecule has 1 aliphatic heterocycles. The lowest BCUT2D eigenvalue weighted by Crippen LogP contribution is -2.41. The fraction of sp³-hybridized carbons (Fsp3) is 0.263. The molecule has 2 aromatic carbocycles. The lowest BCUT2D eigenvalue weighted by atomic mass is 9.97. The average Bonchev–Trinajstić information content (AvgIpc) is 2.67. The van der Waals surface area contributed by atoms with Crippen molar-refractivity contribution in [2.75, 3.05) is 18.0 Å². The summed E-state index contributed by atoms with van der Waals surface area (Å²) in [5.74, 6) is 0.143. The van der Waals surface area contributed by atoms with E-state index in [4.69, 9.17) is 9.47 Å². The fourth-order valence-electron chi connectivity index (χ4n) is 2.97. The predicted octanol–water partition coefficient (Wildman–Crippen LogP) is 3.01. The van der Waals surface area contributed by atoms with Crippen molar-refractivity contribution in [3.63, 3.8) is 0 Å². The van der Waals surface area contributed by atoms with E-state index in [1.54, 1.807) is 42.5 Å². The maximum atomic E-state index is 12.9. The SMILES string of the molecule is CCOc1ccc2c(c1)C(CC(=O)OC)N(c1ccccc1)S(=O)C2=O.